The number of nitro benzene ring substituents is 1. The first kappa shape index (κ1) is 28.8. The van der Waals surface area contributed by atoms with Crippen molar-refractivity contribution >= 4 is 23.7 Å². The Bertz CT molecular complexity index is 1330. The molecule has 0 aliphatic heterocycles. The molecule has 2 amide bonds. The molecule has 0 aliphatic carbocycles. The molecule has 10 nitrogen and oxygen atoms in total. The molecule has 1 atom stereocenters. The lowest BCUT2D eigenvalue weighted by Gasteiger charge is -2.20. The number of hydrogen-bond donors (Lipinski definition) is 2. The first-order valence-corrected chi connectivity index (χ1v) is 12.2. The van der Waals surface area contributed by atoms with Gasteiger partial charge in [-0.05, 0) is 78.6 Å². The van der Waals surface area contributed by atoms with E-state index in [2.05, 4.69) is 15.8 Å². The van der Waals surface area contributed by atoms with Crippen LogP contribution in [-0.2, 0) is 11.4 Å². The fraction of sp³-hybridized carbons (Fsp3) is 0.250. The number of ether oxygens (including phenoxy) is 2. The summed E-state index contributed by atoms with van der Waals surface area (Å²) in [5.41, 5.74) is 4.05. The zero-order chi connectivity index (χ0) is 28.4. The number of rotatable bonds is 12. The molecule has 0 radical (unpaired) electrons. The van der Waals surface area contributed by atoms with Gasteiger partial charge in [-0.2, -0.15) is 5.10 Å². The molecule has 0 aromatic heterocycles. The third-order valence-corrected chi connectivity index (χ3v) is 5.54. The monoisotopic (exact) mass is 536 g/mol. The zero-order valence-corrected chi connectivity index (χ0v) is 21.7. The van der Waals surface area contributed by atoms with E-state index in [-0.39, 0.29) is 23.8 Å². The summed E-state index contributed by atoms with van der Waals surface area (Å²) in [7, 11) is 0. The average molecular weight is 537 g/mol. The van der Waals surface area contributed by atoms with Crippen LogP contribution in [0.5, 0.6) is 11.5 Å². The van der Waals surface area contributed by atoms with Gasteiger partial charge in [-0.1, -0.05) is 13.8 Å². The van der Waals surface area contributed by atoms with Crippen LogP contribution in [0, 0.1) is 21.8 Å². The van der Waals surface area contributed by atoms with Gasteiger partial charge in [0.1, 0.15) is 18.5 Å². The third-order valence-electron chi connectivity index (χ3n) is 5.54. The molecule has 204 valence electrons. The fourth-order valence-corrected chi connectivity index (χ4v) is 3.47. The third kappa shape index (κ3) is 8.35. The van der Waals surface area contributed by atoms with E-state index in [4.69, 9.17) is 9.47 Å². The molecule has 3 rings (SSSR count). The quantitative estimate of drug-likeness (QED) is 0.197. The summed E-state index contributed by atoms with van der Waals surface area (Å²) in [6, 6.07) is 15.3. The molecule has 0 fully saturated rings. The number of carbonyl (C=O) groups is 2. The van der Waals surface area contributed by atoms with Gasteiger partial charge in [0.25, 0.3) is 17.5 Å². The predicted molar refractivity (Wildman–Crippen MR) is 143 cm³/mol. The number of non-ortho nitro benzene ring substituents is 1. The summed E-state index contributed by atoms with van der Waals surface area (Å²) < 4.78 is 24.7. The second-order valence-electron chi connectivity index (χ2n) is 8.79. The lowest BCUT2D eigenvalue weighted by Crippen LogP contribution is -2.48. The highest BCUT2D eigenvalue weighted by Crippen LogP contribution is 2.29. The van der Waals surface area contributed by atoms with Crippen LogP contribution in [0.3, 0.4) is 0 Å². The summed E-state index contributed by atoms with van der Waals surface area (Å²) >= 11 is 0. The number of nitrogens with one attached hydrogen (secondary N) is 2. The van der Waals surface area contributed by atoms with Crippen LogP contribution in [0.4, 0.5) is 10.1 Å². The van der Waals surface area contributed by atoms with Gasteiger partial charge in [-0.3, -0.25) is 19.7 Å². The maximum Gasteiger partial charge on any atom is 0.269 e. The van der Waals surface area contributed by atoms with Gasteiger partial charge in [0, 0.05) is 17.7 Å². The van der Waals surface area contributed by atoms with E-state index in [1.807, 2.05) is 6.92 Å². The maximum atomic E-state index is 13.1. The Hall–Kier alpha value is -4.80. The van der Waals surface area contributed by atoms with E-state index in [0.717, 1.165) is 5.56 Å². The SMILES string of the molecule is CCOc1cc(/C=N/NC(=O)C(NC(=O)c2ccc(F)cc2)C(C)C)ccc1OCc1ccc([N+](=O)[O-])cc1. The Labute approximate surface area is 225 Å². The van der Waals surface area contributed by atoms with E-state index in [1.54, 1.807) is 44.2 Å². The van der Waals surface area contributed by atoms with E-state index in [1.165, 1.54) is 42.6 Å². The Morgan fingerprint density at radius 2 is 1.72 bits per heavy atom. The van der Waals surface area contributed by atoms with Crippen molar-refractivity contribution in [2.24, 2.45) is 11.0 Å². The maximum absolute atomic E-state index is 13.1. The molecule has 1 unspecified atom stereocenters. The largest absolute Gasteiger partial charge is 0.490 e. The number of carbonyl (C=O) groups excluding carboxylic acids is 2. The number of nitro groups is 1. The first-order chi connectivity index (χ1) is 18.7. The van der Waals surface area contributed by atoms with E-state index in [9.17, 15) is 24.1 Å². The van der Waals surface area contributed by atoms with Gasteiger partial charge in [-0.15, -0.1) is 0 Å². The number of hydrazone groups is 1. The van der Waals surface area contributed by atoms with Crippen LogP contribution in [0.15, 0.2) is 71.8 Å². The molecule has 3 aromatic carbocycles. The van der Waals surface area contributed by atoms with Crippen molar-refractivity contribution in [3.8, 4) is 11.5 Å². The van der Waals surface area contributed by atoms with E-state index >= 15 is 0 Å². The van der Waals surface area contributed by atoms with Crippen LogP contribution in [0.25, 0.3) is 0 Å². The molecule has 11 heteroatoms. The van der Waals surface area contributed by atoms with Gasteiger partial charge in [0.05, 0.1) is 17.7 Å². The topological polar surface area (TPSA) is 132 Å². The van der Waals surface area contributed by atoms with Crippen LogP contribution in [0.1, 0.15) is 42.3 Å². The smallest absolute Gasteiger partial charge is 0.269 e. The summed E-state index contributed by atoms with van der Waals surface area (Å²) in [5.74, 6) is -0.777. The molecule has 0 bridgehead atoms. The van der Waals surface area contributed by atoms with Crippen molar-refractivity contribution in [2.45, 2.75) is 33.4 Å². The normalized spacial score (nSPS) is 11.7. The zero-order valence-electron chi connectivity index (χ0n) is 21.7. The lowest BCUT2D eigenvalue weighted by atomic mass is 10.0. The summed E-state index contributed by atoms with van der Waals surface area (Å²) in [6.07, 6.45) is 1.43. The molecular formula is C28H29FN4O6. The van der Waals surface area contributed by atoms with Crippen LogP contribution < -0.4 is 20.2 Å². The fourth-order valence-electron chi connectivity index (χ4n) is 3.47. The minimum absolute atomic E-state index is 0.000499. The molecule has 0 aliphatic rings. The summed E-state index contributed by atoms with van der Waals surface area (Å²) in [6.45, 7) is 5.95. The Morgan fingerprint density at radius 3 is 2.33 bits per heavy atom. The number of hydrogen-bond acceptors (Lipinski definition) is 7. The second-order valence-corrected chi connectivity index (χ2v) is 8.79. The molecule has 0 saturated heterocycles. The Kier molecular flexibility index (Phi) is 10.1. The Balaban J connectivity index is 1.62. The summed E-state index contributed by atoms with van der Waals surface area (Å²) in [4.78, 5) is 35.6. The first-order valence-electron chi connectivity index (χ1n) is 12.2. The minimum Gasteiger partial charge on any atom is -0.490 e. The van der Waals surface area contributed by atoms with Crippen molar-refractivity contribution in [1.82, 2.24) is 10.7 Å². The van der Waals surface area contributed by atoms with Crippen molar-refractivity contribution < 1.29 is 28.4 Å². The van der Waals surface area contributed by atoms with Gasteiger partial charge < -0.3 is 14.8 Å². The standard InChI is InChI=1S/C28H29FN4O6/c1-4-38-25-15-20(7-14-24(25)39-17-19-5-12-23(13-6-19)33(36)37)16-30-32-28(35)26(18(2)3)31-27(34)21-8-10-22(29)11-9-21/h5-16,18,26H,4,17H2,1-3H3,(H,31,34)(H,32,35)/b30-16+. The second kappa shape index (κ2) is 13.7. The minimum atomic E-state index is -0.867. The van der Waals surface area contributed by atoms with Gasteiger partial charge in [0.2, 0.25) is 0 Å². The van der Waals surface area contributed by atoms with Crippen molar-refractivity contribution in [1.29, 1.82) is 0 Å². The van der Waals surface area contributed by atoms with Crippen LogP contribution in [0.2, 0.25) is 0 Å². The molecule has 0 heterocycles. The Morgan fingerprint density at radius 1 is 1.03 bits per heavy atom. The highest BCUT2D eigenvalue weighted by molar-refractivity contribution is 5.97. The van der Waals surface area contributed by atoms with Gasteiger partial charge in [-0.25, -0.2) is 9.82 Å². The number of halogens is 1. The predicted octanol–water partition coefficient (Wildman–Crippen LogP) is 4.62. The number of nitrogens with zero attached hydrogens (tertiary/aromatic N) is 2. The highest BCUT2D eigenvalue weighted by Gasteiger charge is 2.24. The van der Waals surface area contributed by atoms with E-state index in [0.29, 0.717) is 23.7 Å². The van der Waals surface area contributed by atoms with Crippen LogP contribution in [-0.4, -0.2) is 35.6 Å². The molecule has 0 spiro atoms. The van der Waals surface area contributed by atoms with Crippen LogP contribution >= 0.6 is 0 Å². The molecule has 39 heavy (non-hydrogen) atoms. The molecule has 3 aromatic rings. The van der Waals surface area contributed by atoms with Gasteiger partial charge >= 0.3 is 0 Å². The van der Waals surface area contributed by atoms with Gasteiger partial charge in [0.15, 0.2) is 11.5 Å². The van der Waals surface area contributed by atoms with Crippen molar-refractivity contribution in [3.63, 3.8) is 0 Å². The summed E-state index contributed by atoms with van der Waals surface area (Å²) in [5, 5.41) is 17.5. The highest BCUT2D eigenvalue weighted by atomic mass is 19.1. The molecule has 0 saturated carbocycles. The molecular weight excluding hydrogens is 507 g/mol. The van der Waals surface area contributed by atoms with E-state index < -0.39 is 28.6 Å². The number of amides is 2. The number of benzene rings is 3. The average Bonchev–Trinajstić information content (AvgIpc) is 2.91. The van der Waals surface area contributed by atoms with Crippen molar-refractivity contribution in [2.75, 3.05) is 6.61 Å². The lowest BCUT2D eigenvalue weighted by molar-refractivity contribution is -0.384. The molecule has 2 N–H and O–H groups in total. The van der Waals surface area contributed by atoms with Crippen molar-refractivity contribution in [3.05, 3.63) is 99.4 Å².